The molecule has 0 radical (unpaired) electrons. The minimum atomic E-state index is -0.939. The lowest BCUT2D eigenvalue weighted by molar-refractivity contribution is -0.0981. The second-order valence-electron chi connectivity index (χ2n) is 7.66. The molecule has 0 saturated carbocycles. The maximum Gasteiger partial charge on any atom is 0.410 e. The van der Waals surface area contributed by atoms with E-state index in [1.165, 1.54) is 11.1 Å². The van der Waals surface area contributed by atoms with Crippen molar-refractivity contribution < 1.29 is 19.4 Å². The first kappa shape index (κ1) is 18.7. The summed E-state index contributed by atoms with van der Waals surface area (Å²) in [5, 5.41) is 9.84. The number of aromatic nitrogens is 1. The Balaban J connectivity index is 1.56. The average molecular weight is 361 g/mol. The molecule has 1 N–H and O–H groups in total. The quantitative estimate of drug-likeness (QED) is 0.656. The number of carbonyl (C=O) groups is 1. The summed E-state index contributed by atoms with van der Waals surface area (Å²) in [4.78, 5) is 20.6. The van der Waals surface area contributed by atoms with Crippen molar-refractivity contribution in [2.45, 2.75) is 39.6 Å². The zero-order valence-electron chi connectivity index (χ0n) is 15.9. The van der Waals surface area contributed by atoms with Crippen LogP contribution in [-0.4, -0.2) is 59.5 Å². The largest absolute Gasteiger partial charge is 0.444 e. The number of hydrogen-bond acceptors (Lipinski definition) is 6. The lowest BCUT2D eigenvalue weighted by Crippen LogP contribution is -2.38. The number of carbonyl (C=O) groups excluding carboxylic acids is 1. The molecule has 2 aliphatic rings. The van der Waals surface area contributed by atoms with Gasteiger partial charge in [-0.1, -0.05) is 0 Å². The third-order valence-electron chi connectivity index (χ3n) is 4.38. The Hall–Kier alpha value is -2.12. The number of nitrogens with zero attached hydrogens (tertiary/aromatic N) is 3. The van der Waals surface area contributed by atoms with E-state index >= 15 is 0 Å². The topological polar surface area (TPSA) is 75.1 Å². The fourth-order valence-corrected chi connectivity index (χ4v) is 3.18. The molecule has 0 bridgehead atoms. The van der Waals surface area contributed by atoms with Gasteiger partial charge in [-0.05, 0) is 51.0 Å². The van der Waals surface area contributed by atoms with Gasteiger partial charge < -0.3 is 24.4 Å². The van der Waals surface area contributed by atoms with Crippen LogP contribution in [0.4, 0.5) is 10.6 Å². The molecule has 0 aliphatic carbocycles. The summed E-state index contributed by atoms with van der Waals surface area (Å²) < 4.78 is 10.6. The van der Waals surface area contributed by atoms with E-state index in [1.54, 1.807) is 11.1 Å². The zero-order chi connectivity index (χ0) is 18.9. The number of aliphatic hydroxyl groups is 1. The lowest BCUT2D eigenvalue weighted by atomic mass is 10.2. The lowest BCUT2D eigenvalue weighted by Gasteiger charge is -2.27. The van der Waals surface area contributed by atoms with Crippen molar-refractivity contribution in [1.29, 1.82) is 0 Å². The summed E-state index contributed by atoms with van der Waals surface area (Å²) in [6.07, 6.45) is 0.447. The molecule has 7 heteroatoms. The molecule has 142 valence electrons. The van der Waals surface area contributed by atoms with E-state index in [0.29, 0.717) is 25.3 Å². The number of aliphatic hydroxyl groups excluding tert-OH is 1. The Morgan fingerprint density at radius 1 is 1.23 bits per heavy atom. The molecule has 0 aromatic carbocycles. The van der Waals surface area contributed by atoms with Crippen LogP contribution in [0.2, 0.25) is 0 Å². The van der Waals surface area contributed by atoms with Crippen molar-refractivity contribution in [3.8, 4) is 0 Å². The molecule has 0 fully saturated rings. The van der Waals surface area contributed by atoms with Gasteiger partial charge in [0, 0.05) is 44.5 Å². The Morgan fingerprint density at radius 2 is 1.88 bits per heavy atom. The number of pyridine rings is 1. The SMILES string of the molecule is CCOC(O)c1ccc(N2CC3=C(CN(C(=O)OC(C)(C)C)C3)C2)nc1. The molecule has 1 unspecified atom stereocenters. The average Bonchev–Trinajstić information content (AvgIpc) is 3.12. The predicted molar refractivity (Wildman–Crippen MR) is 97.9 cm³/mol. The molecule has 2 aliphatic heterocycles. The highest BCUT2D eigenvalue weighted by Crippen LogP contribution is 2.29. The van der Waals surface area contributed by atoms with Gasteiger partial charge in [0.05, 0.1) is 0 Å². The van der Waals surface area contributed by atoms with E-state index in [0.717, 1.165) is 18.9 Å². The summed E-state index contributed by atoms with van der Waals surface area (Å²) in [5.74, 6) is 0.857. The molecule has 1 atom stereocenters. The minimum absolute atomic E-state index is 0.258. The summed E-state index contributed by atoms with van der Waals surface area (Å²) in [6, 6.07) is 3.73. The highest BCUT2D eigenvalue weighted by molar-refractivity contribution is 5.70. The van der Waals surface area contributed by atoms with Gasteiger partial charge in [-0.2, -0.15) is 0 Å². The van der Waals surface area contributed by atoms with Crippen molar-refractivity contribution >= 4 is 11.9 Å². The van der Waals surface area contributed by atoms with Crippen molar-refractivity contribution in [3.63, 3.8) is 0 Å². The van der Waals surface area contributed by atoms with Crippen LogP contribution in [0.3, 0.4) is 0 Å². The van der Waals surface area contributed by atoms with Crippen molar-refractivity contribution in [1.82, 2.24) is 9.88 Å². The van der Waals surface area contributed by atoms with Gasteiger partial charge in [-0.15, -0.1) is 0 Å². The molecule has 0 saturated heterocycles. The Labute approximate surface area is 154 Å². The third kappa shape index (κ3) is 4.16. The standard InChI is InChI=1S/C19H27N3O4/c1-5-25-17(23)13-6-7-16(20-8-13)21-9-14-11-22(12-15(14)10-21)18(24)26-19(2,3)4/h6-8,17,23H,5,9-12H2,1-4H3. The highest BCUT2D eigenvalue weighted by Gasteiger charge is 2.34. The first-order valence-corrected chi connectivity index (χ1v) is 8.95. The monoisotopic (exact) mass is 361 g/mol. The van der Waals surface area contributed by atoms with Crippen LogP contribution in [0.25, 0.3) is 0 Å². The first-order valence-electron chi connectivity index (χ1n) is 8.95. The molecule has 26 heavy (non-hydrogen) atoms. The number of anilines is 1. The van der Waals surface area contributed by atoms with Gasteiger partial charge in [0.15, 0.2) is 6.29 Å². The van der Waals surface area contributed by atoms with Crippen molar-refractivity contribution in [3.05, 3.63) is 35.0 Å². The zero-order valence-corrected chi connectivity index (χ0v) is 15.9. The van der Waals surface area contributed by atoms with Gasteiger partial charge in [-0.3, -0.25) is 0 Å². The number of amides is 1. The van der Waals surface area contributed by atoms with Crippen LogP contribution >= 0.6 is 0 Å². The van der Waals surface area contributed by atoms with E-state index in [9.17, 15) is 9.90 Å². The smallest absolute Gasteiger partial charge is 0.410 e. The van der Waals surface area contributed by atoms with Crippen LogP contribution in [0.5, 0.6) is 0 Å². The molecule has 3 heterocycles. The number of ether oxygens (including phenoxy) is 2. The molecule has 1 aromatic rings. The predicted octanol–water partition coefficient (Wildman–Crippen LogP) is 2.48. The second kappa shape index (κ2) is 7.25. The van der Waals surface area contributed by atoms with Crippen LogP contribution in [-0.2, 0) is 9.47 Å². The summed E-state index contributed by atoms with van der Waals surface area (Å²) in [7, 11) is 0. The maximum atomic E-state index is 12.2. The maximum absolute atomic E-state index is 12.2. The number of rotatable bonds is 4. The molecule has 0 spiro atoms. The third-order valence-corrected chi connectivity index (χ3v) is 4.38. The molecule has 1 aromatic heterocycles. The first-order chi connectivity index (χ1) is 12.3. The van der Waals surface area contributed by atoms with Crippen LogP contribution in [0, 0.1) is 0 Å². The van der Waals surface area contributed by atoms with Crippen molar-refractivity contribution in [2.75, 3.05) is 37.7 Å². The van der Waals surface area contributed by atoms with E-state index in [4.69, 9.17) is 9.47 Å². The molecular formula is C19H27N3O4. The summed E-state index contributed by atoms with van der Waals surface area (Å²) >= 11 is 0. The second-order valence-corrected chi connectivity index (χ2v) is 7.66. The summed E-state index contributed by atoms with van der Waals surface area (Å²) in [6.45, 7) is 10.7. The Bertz CT molecular complexity index is 676. The van der Waals surface area contributed by atoms with Gasteiger partial charge in [0.25, 0.3) is 0 Å². The van der Waals surface area contributed by atoms with Gasteiger partial charge >= 0.3 is 6.09 Å². The molecule has 3 rings (SSSR count). The van der Waals surface area contributed by atoms with E-state index < -0.39 is 11.9 Å². The highest BCUT2D eigenvalue weighted by atomic mass is 16.6. The van der Waals surface area contributed by atoms with Crippen molar-refractivity contribution in [2.24, 2.45) is 0 Å². The molecule has 7 nitrogen and oxygen atoms in total. The Kier molecular flexibility index (Phi) is 5.20. The van der Waals surface area contributed by atoms with E-state index in [1.807, 2.05) is 39.8 Å². The minimum Gasteiger partial charge on any atom is -0.444 e. The van der Waals surface area contributed by atoms with Crippen LogP contribution < -0.4 is 4.90 Å². The van der Waals surface area contributed by atoms with E-state index in [2.05, 4.69) is 9.88 Å². The molecular weight excluding hydrogens is 334 g/mol. The van der Waals surface area contributed by atoms with Gasteiger partial charge in [0.2, 0.25) is 0 Å². The van der Waals surface area contributed by atoms with Gasteiger partial charge in [0.1, 0.15) is 11.4 Å². The fourth-order valence-electron chi connectivity index (χ4n) is 3.18. The fraction of sp³-hybridized carbons (Fsp3) is 0.579. The summed E-state index contributed by atoms with van der Waals surface area (Å²) in [5.41, 5.74) is 2.69. The Morgan fingerprint density at radius 3 is 2.38 bits per heavy atom. The van der Waals surface area contributed by atoms with E-state index in [-0.39, 0.29) is 6.09 Å². The molecule has 1 amide bonds. The van der Waals surface area contributed by atoms with Gasteiger partial charge in [-0.25, -0.2) is 9.78 Å². The van der Waals surface area contributed by atoms with Crippen LogP contribution in [0.15, 0.2) is 29.5 Å². The normalized spacial score (nSPS) is 18.3. The number of hydrogen-bond donors (Lipinski definition) is 1. The van der Waals surface area contributed by atoms with Crippen LogP contribution in [0.1, 0.15) is 39.5 Å².